The van der Waals surface area contributed by atoms with Crippen molar-refractivity contribution in [1.82, 2.24) is 0 Å². The summed E-state index contributed by atoms with van der Waals surface area (Å²) >= 11 is 0. The van der Waals surface area contributed by atoms with Crippen LogP contribution < -0.4 is 10.5 Å². The Hall–Kier alpha value is -1.13. The molecule has 0 aliphatic carbocycles. The van der Waals surface area contributed by atoms with Crippen molar-refractivity contribution in [2.24, 2.45) is 5.73 Å². The molecule has 0 spiro atoms. The van der Waals surface area contributed by atoms with Crippen LogP contribution >= 0.6 is 0 Å². The van der Waals surface area contributed by atoms with Gasteiger partial charge in [0.2, 0.25) is 0 Å². The fourth-order valence-electron chi connectivity index (χ4n) is 1.95. The number of benzene rings is 1. The molecule has 0 amide bonds. The van der Waals surface area contributed by atoms with Crippen molar-refractivity contribution in [1.29, 1.82) is 0 Å². The Balaban J connectivity index is 2.04. The van der Waals surface area contributed by atoms with Crippen LogP contribution in [0.2, 0.25) is 0 Å². The Kier molecular flexibility index (Phi) is 3.97. The largest absolute Gasteiger partial charge is 0.488 e. The van der Waals surface area contributed by atoms with Crippen LogP contribution in [-0.2, 0) is 4.74 Å². The molecule has 1 aliphatic heterocycles. The fourth-order valence-corrected chi connectivity index (χ4v) is 1.95. The Morgan fingerprint density at radius 1 is 1.53 bits per heavy atom. The molecule has 0 bridgehead atoms. The summed E-state index contributed by atoms with van der Waals surface area (Å²) in [6, 6.07) is 4.53. The highest BCUT2D eigenvalue weighted by Crippen LogP contribution is 2.23. The molecule has 1 aliphatic rings. The minimum Gasteiger partial charge on any atom is -0.488 e. The third kappa shape index (κ3) is 3.17. The van der Waals surface area contributed by atoms with E-state index >= 15 is 0 Å². The Morgan fingerprint density at radius 2 is 2.35 bits per heavy atom. The van der Waals surface area contributed by atoms with Crippen LogP contribution in [0.4, 0.5) is 4.39 Å². The van der Waals surface area contributed by atoms with Crippen molar-refractivity contribution in [3.05, 3.63) is 29.6 Å². The summed E-state index contributed by atoms with van der Waals surface area (Å²) in [6.45, 7) is 3.13. The van der Waals surface area contributed by atoms with Gasteiger partial charge in [0.1, 0.15) is 17.7 Å². The summed E-state index contributed by atoms with van der Waals surface area (Å²) in [5.74, 6) is 0.233. The average molecular weight is 239 g/mol. The first-order valence-corrected chi connectivity index (χ1v) is 5.96. The van der Waals surface area contributed by atoms with Gasteiger partial charge in [0, 0.05) is 24.3 Å². The van der Waals surface area contributed by atoms with Gasteiger partial charge in [0.25, 0.3) is 0 Å². The quantitative estimate of drug-likeness (QED) is 0.881. The normalized spacial score (nSPS) is 22.2. The number of hydrogen-bond donors (Lipinski definition) is 1. The van der Waals surface area contributed by atoms with Crippen molar-refractivity contribution < 1.29 is 13.9 Å². The third-order valence-corrected chi connectivity index (χ3v) is 2.88. The van der Waals surface area contributed by atoms with E-state index in [9.17, 15) is 4.39 Å². The highest BCUT2D eigenvalue weighted by atomic mass is 19.1. The van der Waals surface area contributed by atoms with Crippen molar-refractivity contribution in [2.45, 2.75) is 31.9 Å². The van der Waals surface area contributed by atoms with Gasteiger partial charge in [0.15, 0.2) is 0 Å². The van der Waals surface area contributed by atoms with Crippen LogP contribution in [0.5, 0.6) is 5.75 Å². The summed E-state index contributed by atoms with van der Waals surface area (Å²) < 4.78 is 24.6. The van der Waals surface area contributed by atoms with Gasteiger partial charge >= 0.3 is 0 Å². The highest BCUT2D eigenvalue weighted by Gasteiger charge is 2.16. The molecule has 2 N–H and O–H groups in total. The van der Waals surface area contributed by atoms with Crippen LogP contribution in [0, 0.1) is 5.82 Å². The van der Waals surface area contributed by atoms with E-state index in [0.29, 0.717) is 17.9 Å². The number of ether oxygens (including phenoxy) is 2. The maximum atomic E-state index is 13.7. The molecule has 17 heavy (non-hydrogen) atoms. The van der Waals surface area contributed by atoms with Crippen LogP contribution in [0.25, 0.3) is 0 Å². The smallest absolute Gasteiger partial charge is 0.131 e. The zero-order valence-corrected chi connectivity index (χ0v) is 9.99. The van der Waals surface area contributed by atoms with Crippen molar-refractivity contribution in [3.63, 3.8) is 0 Å². The van der Waals surface area contributed by atoms with E-state index in [-0.39, 0.29) is 18.0 Å². The van der Waals surface area contributed by atoms with Gasteiger partial charge in [-0.25, -0.2) is 4.39 Å². The van der Waals surface area contributed by atoms with E-state index in [4.69, 9.17) is 15.2 Å². The highest BCUT2D eigenvalue weighted by molar-refractivity contribution is 5.30. The lowest BCUT2D eigenvalue weighted by molar-refractivity contribution is 0.00730. The van der Waals surface area contributed by atoms with Crippen molar-refractivity contribution in [3.8, 4) is 5.75 Å². The van der Waals surface area contributed by atoms with Gasteiger partial charge in [-0.15, -0.1) is 0 Å². The number of rotatable bonds is 3. The molecule has 0 saturated carbocycles. The van der Waals surface area contributed by atoms with E-state index in [1.807, 2.05) is 0 Å². The number of nitrogens with two attached hydrogens (primary N) is 1. The molecule has 0 radical (unpaired) electrons. The lowest BCUT2D eigenvalue weighted by Gasteiger charge is -2.23. The first-order chi connectivity index (χ1) is 8.16. The van der Waals surface area contributed by atoms with Crippen LogP contribution in [-0.4, -0.2) is 19.3 Å². The summed E-state index contributed by atoms with van der Waals surface area (Å²) in [5.41, 5.74) is 6.16. The van der Waals surface area contributed by atoms with E-state index < -0.39 is 0 Å². The predicted octanol–water partition coefficient (Wildman–Crippen LogP) is 2.40. The summed E-state index contributed by atoms with van der Waals surface area (Å²) in [4.78, 5) is 0. The third-order valence-electron chi connectivity index (χ3n) is 2.88. The molecule has 4 heteroatoms. The molecule has 2 rings (SSSR count). The van der Waals surface area contributed by atoms with Gasteiger partial charge in [-0.05, 0) is 25.8 Å². The van der Waals surface area contributed by atoms with Crippen molar-refractivity contribution >= 4 is 0 Å². The monoisotopic (exact) mass is 239 g/mol. The molecule has 1 heterocycles. The van der Waals surface area contributed by atoms with E-state index in [2.05, 4.69) is 0 Å². The van der Waals surface area contributed by atoms with Crippen LogP contribution in [0.1, 0.15) is 31.4 Å². The molecular formula is C13H18FNO2. The zero-order valence-electron chi connectivity index (χ0n) is 9.99. The standard InChI is InChI=1S/C13H18FNO2/c1-9(15)12-5-4-10(7-13(12)14)17-11-3-2-6-16-8-11/h4-5,7,9,11H,2-3,6,8,15H2,1H3/t9-,11?/m0/s1. The molecule has 2 atom stereocenters. The maximum Gasteiger partial charge on any atom is 0.131 e. The predicted molar refractivity (Wildman–Crippen MR) is 63.5 cm³/mol. The SMILES string of the molecule is C[C@H](N)c1ccc(OC2CCCOC2)cc1F. The first kappa shape index (κ1) is 12.3. The van der Waals surface area contributed by atoms with Gasteiger partial charge in [-0.3, -0.25) is 0 Å². The second-order valence-corrected chi connectivity index (χ2v) is 4.43. The number of halogens is 1. The maximum absolute atomic E-state index is 13.7. The lowest BCUT2D eigenvalue weighted by Crippen LogP contribution is -2.28. The number of hydrogen-bond acceptors (Lipinski definition) is 3. The average Bonchev–Trinajstić information content (AvgIpc) is 2.30. The molecule has 1 aromatic carbocycles. The first-order valence-electron chi connectivity index (χ1n) is 5.96. The lowest BCUT2D eigenvalue weighted by atomic mass is 10.1. The summed E-state index contributed by atoms with van der Waals surface area (Å²) in [5, 5.41) is 0. The van der Waals surface area contributed by atoms with Crippen LogP contribution in [0.3, 0.4) is 0 Å². The molecule has 1 saturated heterocycles. The van der Waals surface area contributed by atoms with E-state index in [0.717, 1.165) is 19.4 Å². The topological polar surface area (TPSA) is 44.5 Å². The fraction of sp³-hybridized carbons (Fsp3) is 0.538. The second kappa shape index (κ2) is 5.47. The minimum atomic E-state index is -0.311. The van der Waals surface area contributed by atoms with E-state index in [1.165, 1.54) is 6.07 Å². The molecule has 1 unspecified atom stereocenters. The molecule has 0 aromatic heterocycles. The van der Waals surface area contributed by atoms with Crippen LogP contribution in [0.15, 0.2) is 18.2 Å². The molecule has 1 aromatic rings. The van der Waals surface area contributed by atoms with Gasteiger partial charge in [-0.1, -0.05) is 6.07 Å². The molecule has 3 nitrogen and oxygen atoms in total. The van der Waals surface area contributed by atoms with E-state index in [1.54, 1.807) is 19.1 Å². The summed E-state index contributed by atoms with van der Waals surface area (Å²) in [7, 11) is 0. The van der Waals surface area contributed by atoms with Gasteiger partial charge in [-0.2, -0.15) is 0 Å². The Labute approximate surface area is 101 Å². The van der Waals surface area contributed by atoms with Gasteiger partial charge < -0.3 is 15.2 Å². The zero-order chi connectivity index (χ0) is 12.3. The van der Waals surface area contributed by atoms with Gasteiger partial charge in [0.05, 0.1) is 6.61 Å². The molecule has 1 fully saturated rings. The Morgan fingerprint density at radius 3 is 2.94 bits per heavy atom. The minimum absolute atomic E-state index is 0.0318. The molecular weight excluding hydrogens is 221 g/mol. The summed E-state index contributed by atoms with van der Waals surface area (Å²) in [6.07, 6.45) is 1.98. The Bertz CT molecular complexity index is 376. The van der Waals surface area contributed by atoms with Crippen molar-refractivity contribution in [2.75, 3.05) is 13.2 Å². The molecule has 94 valence electrons. The second-order valence-electron chi connectivity index (χ2n) is 4.43.